The van der Waals surface area contributed by atoms with Gasteiger partial charge in [0, 0.05) is 69.1 Å². The molecule has 1 aromatic heterocycles. The molecule has 8 nitrogen and oxygen atoms in total. The second kappa shape index (κ2) is 13.8. The number of hydrogen-bond acceptors (Lipinski definition) is 8. The van der Waals surface area contributed by atoms with E-state index in [1.165, 1.54) is 0 Å². The molecule has 1 amide bonds. The number of carbonyl (C=O) groups is 1. The van der Waals surface area contributed by atoms with E-state index in [-0.39, 0.29) is 30.6 Å². The van der Waals surface area contributed by atoms with Gasteiger partial charge in [-0.1, -0.05) is 69.9 Å². The van der Waals surface area contributed by atoms with Gasteiger partial charge in [0.25, 0.3) is 5.91 Å². The minimum Gasteiger partial charge on any atom is -0.490 e. The van der Waals surface area contributed by atoms with Crippen LogP contribution in [-0.2, 0) is 17.8 Å². The molecule has 244 valence electrons. The fourth-order valence-corrected chi connectivity index (χ4v) is 8.59. The smallest absolute Gasteiger partial charge is 0.252 e. The van der Waals surface area contributed by atoms with E-state index in [4.69, 9.17) is 56.1 Å². The van der Waals surface area contributed by atoms with Gasteiger partial charge in [0.15, 0.2) is 10.9 Å². The second-order valence-corrected chi connectivity index (χ2v) is 15.1. The lowest BCUT2D eigenvalue weighted by molar-refractivity contribution is -0.128. The van der Waals surface area contributed by atoms with Crippen molar-refractivity contribution in [2.45, 2.75) is 50.4 Å². The number of halogens is 4. The van der Waals surface area contributed by atoms with Gasteiger partial charge in [0.1, 0.15) is 0 Å². The van der Waals surface area contributed by atoms with Crippen LogP contribution in [-0.4, -0.2) is 78.4 Å². The summed E-state index contributed by atoms with van der Waals surface area (Å²) >= 11 is 27.4. The Balaban J connectivity index is 1.07. The molecule has 2 aromatic carbocycles. The minimum atomic E-state index is -0.0708. The third kappa shape index (κ3) is 6.76. The molecule has 4 aliphatic rings. The van der Waals surface area contributed by atoms with Crippen molar-refractivity contribution < 1.29 is 14.6 Å². The summed E-state index contributed by atoms with van der Waals surface area (Å²) in [5.41, 5.74) is 3.66. The molecule has 3 aromatic rings. The molecule has 1 saturated carbocycles. The van der Waals surface area contributed by atoms with Crippen LogP contribution in [0.1, 0.15) is 35.3 Å². The van der Waals surface area contributed by atoms with Gasteiger partial charge in [-0.3, -0.25) is 4.79 Å². The van der Waals surface area contributed by atoms with Gasteiger partial charge in [-0.15, -0.1) is 0 Å². The molecule has 3 aliphatic heterocycles. The second-order valence-electron chi connectivity index (χ2n) is 12.5. The monoisotopic (exact) mass is 721 g/mol. The molecule has 1 aliphatic carbocycles. The van der Waals surface area contributed by atoms with E-state index in [0.29, 0.717) is 57.9 Å². The van der Waals surface area contributed by atoms with Crippen LogP contribution in [0.25, 0.3) is 5.57 Å². The molecule has 13 heteroatoms. The normalized spacial score (nSPS) is 21.4. The number of aliphatic hydroxyl groups is 1. The molecule has 2 bridgehead atoms. The van der Waals surface area contributed by atoms with Crippen molar-refractivity contribution in [3.05, 3.63) is 78.2 Å². The first-order valence-corrected chi connectivity index (χ1v) is 18.0. The standard InChI is InChI=1S/C33H35Cl4N5O3S/c34-24-3-1-2-20(30(24)37)16-42(22-4-5-22)32(44)29-23(10-21-11-38-12-27(29)40-21)28-13-39-33(46-28)41-14-19(15-41)17-45-31-25(35)8-18(6-7-43)9-26(31)36/h1-3,8-9,13,19,21-22,27,38,40,43H,4-7,10-12,14-17H2/t21-,27-/m1/s1. The number of rotatable bonds is 11. The fourth-order valence-electron chi connectivity index (χ4n) is 6.57. The predicted molar refractivity (Wildman–Crippen MR) is 186 cm³/mol. The van der Waals surface area contributed by atoms with E-state index in [9.17, 15) is 9.90 Å². The number of hydrogen-bond donors (Lipinski definition) is 3. The Morgan fingerprint density at radius 1 is 1.11 bits per heavy atom. The highest BCUT2D eigenvalue weighted by Crippen LogP contribution is 2.41. The van der Waals surface area contributed by atoms with E-state index in [1.807, 2.05) is 23.2 Å². The number of carbonyl (C=O) groups excluding carboxylic acids is 1. The van der Waals surface area contributed by atoms with Gasteiger partial charge in [0.2, 0.25) is 0 Å². The lowest BCUT2D eigenvalue weighted by Gasteiger charge is -2.40. The number of thiazole rings is 1. The molecular formula is C33H35Cl4N5O3S. The maximum absolute atomic E-state index is 14.5. The van der Waals surface area contributed by atoms with E-state index >= 15 is 0 Å². The highest BCUT2D eigenvalue weighted by atomic mass is 35.5. The van der Waals surface area contributed by atoms with Gasteiger partial charge in [-0.05, 0) is 60.6 Å². The maximum Gasteiger partial charge on any atom is 0.252 e. The number of fused-ring (bicyclic) bond motifs is 2. The van der Waals surface area contributed by atoms with Crippen LogP contribution in [0.3, 0.4) is 0 Å². The first kappa shape index (κ1) is 32.5. The Bertz CT molecular complexity index is 1630. The van der Waals surface area contributed by atoms with Crippen molar-refractivity contribution in [1.29, 1.82) is 0 Å². The number of benzene rings is 2. The average Bonchev–Trinajstić information content (AvgIpc) is 3.74. The molecule has 2 saturated heterocycles. The van der Waals surface area contributed by atoms with E-state index in [0.717, 1.165) is 71.2 Å². The first-order chi connectivity index (χ1) is 22.3. The molecule has 2 atom stereocenters. The summed E-state index contributed by atoms with van der Waals surface area (Å²) in [6.07, 6.45) is 5.17. The van der Waals surface area contributed by atoms with Crippen LogP contribution in [0.5, 0.6) is 5.75 Å². The van der Waals surface area contributed by atoms with Gasteiger partial charge < -0.3 is 30.3 Å². The molecule has 3 N–H and O–H groups in total. The first-order valence-electron chi connectivity index (χ1n) is 15.7. The molecule has 7 rings (SSSR count). The Hall–Kier alpha value is -2.08. The summed E-state index contributed by atoms with van der Waals surface area (Å²) in [5.74, 6) is 0.849. The molecule has 3 fully saturated rings. The number of aliphatic hydroxyl groups excluding tert-OH is 1. The van der Waals surface area contributed by atoms with Crippen molar-refractivity contribution in [1.82, 2.24) is 20.5 Å². The zero-order chi connectivity index (χ0) is 31.9. The lowest BCUT2D eigenvalue weighted by Crippen LogP contribution is -2.59. The fraction of sp³-hybridized carbons (Fsp3) is 0.455. The number of amides is 1. The van der Waals surface area contributed by atoms with Crippen LogP contribution in [0.4, 0.5) is 5.13 Å². The largest absolute Gasteiger partial charge is 0.490 e. The third-order valence-electron chi connectivity index (χ3n) is 9.09. The molecule has 0 radical (unpaired) electrons. The summed E-state index contributed by atoms with van der Waals surface area (Å²) in [5, 5.41) is 19.3. The highest BCUT2D eigenvalue weighted by Gasteiger charge is 2.42. The molecular weight excluding hydrogens is 688 g/mol. The van der Waals surface area contributed by atoms with Crippen LogP contribution < -0.4 is 20.3 Å². The SMILES string of the molecule is O=C(C1=C(c2cnc(N3CC(COc4c(Cl)cc(CCO)cc4Cl)C3)s2)C[C@@H]2CNC[C@H]1N2)N(Cc1cccc(Cl)c1Cl)C1CC1. The van der Waals surface area contributed by atoms with Gasteiger partial charge >= 0.3 is 0 Å². The van der Waals surface area contributed by atoms with E-state index in [2.05, 4.69) is 15.5 Å². The minimum absolute atomic E-state index is 0.0333. The van der Waals surface area contributed by atoms with Gasteiger partial charge in [0.05, 0.1) is 37.6 Å². The van der Waals surface area contributed by atoms with E-state index < -0.39 is 0 Å². The summed E-state index contributed by atoms with van der Waals surface area (Å²) < 4.78 is 6.03. The summed E-state index contributed by atoms with van der Waals surface area (Å²) in [4.78, 5) is 24.6. The van der Waals surface area contributed by atoms with Crippen LogP contribution in [0, 0.1) is 5.92 Å². The van der Waals surface area contributed by atoms with Crippen LogP contribution in [0.2, 0.25) is 20.1 Å². The Morgan fingerprint density at radius 2 is 1.89 bits per heavy atom. The number of anilines is 1. The molecule has 46 heavy (non-hydrogen) atoms. The lowest BCUT2D eigenvalue weighted by atomic mass is 9.86. The van der Waals surface area contributed by atoms with Crippen LogP contribution in [0.15, 0.2) is 42.1 Å². The van der Waals surface area contributed by atoms with Crippen molar-refractivity contribution in [3.8, 4) is 5.75 Å². The number of nitrogens with one attached hydrogen (secondary N) is 2. The predicted octanol–water partition coefficient (Wildman–Crippen LogP) is 6.09. The van der Waals surface area contributed by atoms with Crippen molar-refractivity contribution >= 4 is 74.4 Å². The third-order valence-corrected chi connectivity index (χ3v) is 11.6. The Kier molecular flexibility index (Phi) is 9.74. The number of piperazine rings is 1. The topological polar surface area (TPSA) is 90.0 Å². The van der Waals surface area contributed by atoms with E-state index in [1.54, 1.807) is 29.5 Å². The van der Waals surface area contributed by atoms with Crippen molar-refractivity contribution in [3.63, 3.8) is 0 Å². The van der Waals surface area contributed by atoms with Crippen molar-refractivity contribution in [2.24, 2.45) is 5.92 Å². The van der Waals surface area contributed by atoms with Crippen molar-refractivity contribution in [2.75, 3.05) is 44.3 Å². The molecule has 0 spiro atoms. The Labute approximate surface area is 292 Å². The van der Waals surface area contributed by atoms with Gasteiger partial charge in [-0.2, -0.15) is 0 Å². The Morgan fingerprint density at radius 3 is 2.63 bits per heavy atom. The summed E-state index contributed by atoms with van der Waals surface area (Å²) in [6, 6.07) is 9.57. The zero-order valence-corrected chi connectivity index (χ0v) is 28.9. The maximum atomic E-state index is 14.5. The van der Waals surface area contributed by atoms with Gasteiger partial charge in [-0.25, -0.2) is 4.98 Å². The number of nitrogens with zero attached hydrogens (tertiary/aromatic N) is 3. The molecule has 4 heterocycles. The quantitative estimate of drug-likeness (QED) is 0.221. The molecule has 0 unspecified atom stereocenters. The highest BCUT2D eigenvalue weighted by molar-refractivity contribution is 7.16. The zero-order valence-electron chi connectivity index (χ0n) is 25.1. The van der Waals surface area contributed by atoms with Crippen LogP contribution >= 0.6 is 57.7 Å². The number of aromatic nitrogens is 1. The average molecular weight is 724 g/mol. The summed E-state index contributed by atoms with van der Waals surface area (Å²) in [6.45, 7) is 4.14. The summed E-state index contributed by atoms with van der Waals surface area (Å²) in [7, 11) is 0. The number of ether oxygens (including phenoxy) is 1.